The predicted molar refractivity (Wildman–Crippen MR) is 86.1 cm³/mol. The topological polar surface area (TPSA) is 47.1 Å². The Morgan fingerprint density at radius 1 is 1.15 bits per heavy atom. The van der Waals surface area contributed by atoms with Crippen molar-refractivity contribution in [1.29, 1.82) is 0 Å². The Hall–Kier alpha value is -1.97. The highest BCUT2D eigenvalue weighted by Crippen LogP contribution is 2.28. The van der Waals surface area contributed by atoms with Gasteiger partial charge in [-0.1, -0.05) is 19.1 Å². The molecule has 0 saturated carbocycles. The summed E-state index contributed by atoms with van der Waals surface area (Å²) >= 11 is 0. The molecule has 0 aliphatic heterocycles. The molecule has 0 amide bonds. The number of imidazole rings is 1. The molecular weight excluding hydrogens is 248 g/mol. The van der Waals surface area contributed by atoms with Crippen LogP contribution in [0.5, 0.6) is 0 Å². The van der Waals surface area contributed by atoms with E-state index >= 15 is 0 Å². The van der Waals surface area contributed by atoms with E-state index in [0.29, 0.717) is 0 Å². The summed E-state index contributed by atoms with van der Waals surface area (Å²) < 4.78 is 2.11. The molecule has 4 nitrogen and oxygen atoms in total. The molecule has 20 heavy (non-hydrogen) atoms. The average Bonchev–Trinajstić information content (AvgIpc) is 2.75. The summed E-state index contributed by atoms with van der Waals surface area (Å²) in [4.78, 5) is 6.82. The second-order valence-electron chi connectivity index (χ2n) is 5.20. The van der Waals surface area contributed by atoms with Gasteiger partial charge in [0.15, 0.2) is 0 Å². The van der Waals surface area contributed by atoms with E-state index in [1.54, 1.807) is 0 Å². The molecule has 0 radical (unpaired) electrons. The minimum atomic E-state index is 0.772. The average molecular weight is 272 g/mol. The molecule has 0 spiro atoms. The van der Waals surface area contributed by atoms with Crippen LogP contribution in [0.4, 0.5) is 11.5 Å². The molecule has 0 saturated heterocycles. The quantitative estimate of drug-likeness (QED) is 0.909. The van der Waals surface area contributed by atoms with Gasteiger partial charge in [-0.25, -0.2) is 4.98 Å². The van der Waals surface area contributed by atoms with E-state index < -0.39 is 0 Å². The highest BCUT2D eigenvalue weighted by atomic mass is 15.1. The molecule has 4 heteroatoms. The van der Waals surface area contributed by atoms with E-state index in [1.807, 2.05) is 14.1 Å². The Morgan fingerprint density at radius 2 is 1.80 bits per heavy atom. The van der Waals surface area contributed by atoms with Crippen molar-refractivity contribution >= 4 is 11.5 Å². The first-order chi connectivity index (χ1) is 9.58. The summed E-state index contributed by atoms with van der Waals surface area (Å²) in [6.07, 6.45) is 2.04. The smallest absolute Gasteiger partial charge is 0.131 e. The van der Waals surface area contributed by atoms with Gasteiger partial charge in [-0.15, -0.1) is 0 Å². The molecule has 0 aliphatic carbocycles. The maximum atomic E-state index is 6.26. The third-order valence-corrected chi connectivity index (χ3v) is 3.53. The largest absolute Gasteiger partial charge is 0.383 e. The normalized spacial score (nSPS) is 10.8. The zero-order valence-corrected chi connectivity index (χ0v) is 12.8. The van der Waals surface area contributed by atoms with Crippen LogP contribution in [-0.4, -0.2) is 23.6 Å². The minimum absolute atomic E-state index is 0.772. The maximum Gasteiger partial charge on any atom is 0.131 e. The van der Waals surface area contributed by atoms with Gasteiger partial charge in [0, 0.05) is 38.3 Å². The number of hydrogen-bond donors (Lipinski definition) is 1. The highest BCUT2D eigenvalue weighted by molar-refractivity contribution is 5.72. The van der Waals surface area contributed by atoms with Crippen LogP contribution in [0.1, 0.15) is 26.1 Å². The van der Waals surface area contributed by atoms with Crippen molar-refractivity contribution in [3.05, 3.63) is 30.1 Å². The van der Waals surface area contributed by atoms with Crippen LogP contribution in [0.25, 0.3) is 11.3 Å². The monoisotopic (exact) mass is 272 g/mol. The second kappa shape index (κ2) is 5.99. The van der Waals surface area contributed by atoms with Gasteiger partial charge in [0.25, 0.3) is 0 Å². The van der Waals surface area contributed by atoms with E-state index in [4.69, 9.17) is 10.7 Å². The number of nitrogens with zero attached hydrogens (tertiary/aromatic N) is 3. The number of rotatable bonds is 5. The fraction of sp³-hybridized carbons (Fsp3) is 0.438. The van der Waals surface area contributed by atoms with Crippen molar-refractivity contribution in [3.63, 3.8) is 0 Å². The van der Waals surface area contributed by atoms with Gasteiger partial charge in [0.2, 0.25) is 0 Å². The lowest BCUT2D eigenvalue weighted by Crippen LogP contribution is -2.08. The number of benzene rings is 1. The molecule has 0 fully saturated rings. The number of hydrogen-bond acceptors (Lipinski definition) is 3. The third-order valence-electron chi connectivity index (χ3n) is 3.53. The van der Waals surface area contributed by atoms with Crippen LogP contribution >= 0.6 is 0 Å². The molecular formula is C16H24N4. The number of nitrogens with two attached hydrogens (primary N) is 1. The molecule has 0 bridgehead atoms. The molecule has 2 aromatic rings. The van der Waals surface area contributed by atoms with Crippen molar-refractivity contribution < 1.29 is 0 Å². The van der Waals surface area contributed by atoms with Gasteiger partial charge in [-0.2, -0.15) is 0 Å². The minimum Gasteiger partial charge on any atom is -0.383 e. The third kappa shape index (κ3) is 2.64. The summed E-state index contributed by atoms with van der Waals surface area (Å²) in [6.45, 7) is 5.14. The van der Waals surface area contributed by atoms with Gasteiger partial charge >= 0.3 is 0 Å². The molecule has 0 aliphatic rings. The molecule has 0 atom stereocenters. The fourth-order valence-corrected chi connectivity index (χ4v) is 2.41. The molecule has 108 valence electrons. The first-order valence-electron chi connectivity index (χ1n) is 7.21. The van der Waals surface area contributed by atoms with Gasteiger partial charge in [0.1, 0.15) is 17.3 Å². The van der Waals surface area contributed by atoms with E-state index in [2.05, 4.69) is 47.6 Å². The summed E-state index contributed by atoms with van der Waals surface area (Å²) in [6, 6.07) is 8.37. The Morgan fingerprint density at radius 3 is 2.30 bits per heavy atom. The molecule has 1 aromatic carbocycles. The molecule has 1 heterocycles. The van der Waals surface area contributed by atoms with Gasteiger partial charge in [-0.05, 0) is 25.5 Å². The zero-order valence-electron chi connectivity index (χ0n) is 12.8. The number of aryl methyl sites for hydroxylation is 1. The molecule has 2 N–H and O–H groups in total. The standard InChI is InChI=1S/C16H24N4/c1-5-7-14-18-15(16(17)20(14)6-2)12-8-10-13(11-9-12)19(3)4/h8-11H,5-7,17H2,1-4H3. The second-order valence-corrected chi connectivity index (χ2v) is 5.20. The number of nitrogen functional groups attached to an aromatic ring is 1. The zero-order chi connectivity index (χ0) is 14.7. The van der Waals surface area contributed by atoms with E-state index in [1.165, 1.54) is 5.69 Å². The van der Waals surface area contributed by atoms with Gasteiger partial charge in [-0.3, -0.25) is 0 Å². The van der Waals surface area contributed by atoms with E-state index in [0.717, 1.165) is 42.3 Å². The van der Waals surface area contributed by atoms with Crippen molar-refractivity contribution in [2.45, 2.75) is 33.2 Å². The molecule has 0 unspecified atom stereocenters. The van der Waals surface area contributed by atoms with E-state index in [-0.39, 0.29) is 0 Å². The summed E-state index contributed by atoms with van der Waals surface area (Å²) in [5.41, 5.74) is 9.43. The maximum absolute atomic E-state index is 6.26. The molecule has 1 aromatic heterocycles. The van der Waals surface area contributed by atoms with Crippen molar-refractivity contribution in [2.75, 3.05) is 24.7 Å². The number of aromatic nitrogens is 2. The van der Waals surface area contributed by atoms with Crippen molar-refractivity contribution in [3.8, 4) is 11.3 Å². The van der Waals surface area contributed by atoms with Crippen LogP contribution < -0.4 is 10.6 Å². The summed E-state index contributed by atoms with van der Waals surface area (Å²) in [5.74, 6) is 1.85. The van der Waals surface area contributed by atoms with Crippen LogP contribution in [0.15, 0.2) is 24.3 Å². The summed E-state index contributed by atoms with van der Waals surface area (Å²) in [7, 11) is 4.07. The Kier molecular flexibility index (Phi) is 4.32. The van der Waals surface area contributed by atoms with Crippen LogP contribution in [0.3, 0.4) is 0 Å². The lowest BCUT2D eigenvalue weighted by molar-refractivity contribution is 0.690. The first kappa shape index (κ1) is 14.4. The Labute approximate surface area is 121 Å². The first-order valence-corrected chi connectivity index (χ1v) is 7.21. The molecule has 2 rings (SSSR count). The van der Waals surface area contributed by atoms with Gasteiger partial charge < -0.3 is 15.2 Å². The SMILES string of the molecule is CCCc1nc(-c2ccc(N(C)C)cc2)c(N)n1CC. The van der Waals surface area contributed by atoms with E-state index in [9.17, 15) is 0 Å². The number of anilines is 2. The van der Waals surface area contributed by atoms with Crippen LogP contribution in [0.2, 0.25) is 0 Å². The summed E-state index contributed by atoms with van der Waals surface area (Å²) in [5, 5.41) is 0. The van der Waals surface area contributed by atoms with Gasteiger partial charge in [0.05, 0.1) is 0 Å². The predicted octanol–water partition coefficient (Wildman–Crippen LogP) is 3.17. The van der Waals surface area contributed by atoms with Crippen molar-refractivity contribution in [1.82, 2.24) is 9.55 Å². The Balaban J connectivity index is 2.41. The lowest BCUT2D eigenvalue weighted by atomic mass is 10.1. The van der Waals surface area contributed by atoms with Crippen molar-refractivity contribution in [2.24, 2.45) is 0 Å². The van der Waals surface area contributed by atoms with Crippen LogP contribution in [0, 0.1) is 0 Å². The van der Waals surface area contributed by atoms with Crippen LogP contribution in [-0.2, 0) is 13.0 Å². The lowest BCUT2D eigenvalue weighted by Gasteiger charge is -2.12. The fourth-order valence-electron chi connectivity index (χ4n) is 2.41. The Bertz CT molecular complexity index is 567. The highest BCUT2D eigenvalue weighted by Gasteiger charge is 2.14.